The summed E-state index contributed by atoms with van der Waals surface area (Å²) in [5.74, 6) is -1.16. The van der Waals surface area contributed by atoms with Gasteiger partial charge in [-0.15, -0.1) is 0 Å². The zero-order valence-corrected chi connectivity index (χ0v) is 44.9. The second kappa shape index (κ2) is 24.0. The van der Waals surface area contributed by atoms with Gasteiger partial charge in [-0.25, -0.2) is 0 Å². The second-order valence-corrected chi connectivity index (χ2v) is 25.7. The van der Waals surface area contributed by atoms with E-state index in [1.807, 2.05) is 91.0 Å². The first-order valence-electron chi connectivity index (χ1n) is 25.8. The molecule has 17 heteroatoms. The number of ketones is 1. The van der Waals surface area contributed by atoms with Crippen molar-refractivity contribution < 1.29 is 71.0 Å². The highest BCUT2D eigenvalue weighted by atomic mass is 28.4. The molecule has 5 aromatic rings. The molecular weight excluding hydrogens is 991 g/mol. The number of amides is 2. The van der Waals surface area contributed by atoms with Crippen LogP contribution in [0.1, 0.15) is 84.2 Å². The van der Waals surface area contributed by atoms with Crippen molar-refractivity contribution in [1.82, 2.24) is 4.90 Å². The summed E-state index contributed by atoms with van der Waals surface area (Å²) in [5.41, 5.74) is 2.82. The average molecular weight is 1060 g/mol. The van der Waals surface area contributed by atoms with Gasteiger partial charge in [0.25, 0.3) is 11.8 Å². The fourth-order valence-corrected chi connectivity index (χ4v) is 10.8. The monoisotopic (exact) mass is 1060 g/mol. The van der Waals surface area contributed by atoms with Gasteiger partial charge in [0.15, 0.2) is 27.0 Å². The van der Waals surface area contributed by atoms with Crippen molar-refractivity contribution in [3.8, 4) is 11.5 Å². The first-order valence-corrected chi connectivity index (χ1v) is 28.7. The van der Waals surface area contributed by atoms with Crippen LogP contribution in [0.4, 0.5) is 0 Å². The zero-order chi connectivity index (χ0) is 53.6. The lowest BCUT2D eigenvalue weighted by molar-refractivity contribution is -0.381. The molecule has 0 radical (unpaired) electrons. The Morgan fingerprint density at radius 1 is 0.671 bits per heavy atom. The van der Waals surface area contributed by atoms with Crippen LogP contribution in [-0.2, 0) is 65.1 Å². The molecule has 0 bridgehead atoms. The van der Waals surface area contributed by atoms with Crippen LogP contribution in [0.25, 0.3) is 0 Å². The van der Waals surface area contributed by atoms with E-state index in [0.717, 1.165) is 21.6 Å². The van der Waals surface area contributed by atoms with Crippen molar-refractivity contribution in [3.05, 3.63) is 167 Å². The predicted molar refractivity (Wildman–Crippen MR) is 280 cm³/mol. The van der Waals surface area contributed by atoms with E-state index in [2.05, 4.69) is 33.9 Å². The molecule has 5 aromatic carbocycles. The first-order chi connectivity index (χ1) is 36.6. The molecular formula is C59H67NO15Si. The van der Waals surface area contributed by atoms with Crippen molar-refractivity contribution in [2.24, 2.45) is 0 Å². The number of hydrogen-bond donors (Lipinski definition) is 0. The third-order valence-corrected chi connectivity index (χ3v) is 19.0. The Kier molecular flexibility index (Phi) is 17.3. The molecule has 9 rings (SSSR count). The third-order valence-electron chi connectivity index (χ3n) is 14.6. The van der Waals surface area contributed by atoms with Gasteiger partial charge < -0.3 is 56.6 Å². The Morgan fingerprint density at radius 3 is 1.87 bits per heavy atom. The summed E-state index contributed by atoms with van der Waals surface area (Å²) in [4.78, 5) is 57.3. The zero-order valence-electron chi connectivity index (χ0n) is 43.9. The molecule has 0 saturated carbocycles. The maximum atomic E-state index is 14.9. The molecule has 16 nitrogen and oxygen atoms in total. The van der Waals surface area contributed by atoms with Crippen LogP contribution in [0.3, 0.4) is 0 Å². The van der Waals surface area contributed by atoms with Gasteiger partial charge in [0.1, 0.15) is 59.9 Å². The highest BCUT2D eigenvalue weighted by Crippen LogP contribution is 2.45. The number of carbonyl (C=O) groups is 4. The lowest BCUT2D eigenvalue weighted by atomic mass is 9.93. The number of rotatable bonds is 20. The number of Topliss-reactive ketones (excluding diaryl/α,β-unsaturated/α-hetero) is 1. The molecule has 2 amide bonds. The Morgan fingerprint density at radius 2 is 1.26 bits per heavy atom. The van der Waals surface area contributed by atoms with Crippen LogP contribution in [-0.4, -0.2) is 118 Å². The molecule has 11 unspecified atom stereocenters. The van der Waals surface area contributed by atoms with E-state index in [1.54, 1.807) is 55.6 Å². The number of nitrogens with zero attached hydrogens (tertiary/aromatic N) is 1. The number of fused-ring (bicyclic) bond motifs is 2. The predicted octanol–water partition coefficient (Wildman–Crippen LogP) is 9.16. The summed E-state index contributed by atoms with van der Waals surface area (Å²) >= 11 is 0. The van der Waals surface area contributed by atoms with Crippen LogP contribution < -0.4 is 9.47 Å². The average Bonchev–Trinajstić information content (AvgIpc) is 3.69. The number of ether oxygens (including phenoxy) is 10. The maximum Gasteiger partial charge on any atom is 0.306 e. The van der Waals surface area contributed by atoms with Crippen LogP contribution in [0.2, 0.25) is 18.1 Å². The Bertz CT molecular complexity index is 2720. The number of carbonyl (C=O) groups excluding carboxylic acids is 4. The Hall–Kier alpha value is -6.12. The summed E-state index contributed by atoms with van der Waals surface area (Å²) in [5, 5.41) is -0.336. The van der Waals surface area contributed by atoms with Gasteiger partial charge in [-0.3, -0.25) is 19.3 Å². The van der Waals surface area contributed by atoms with E-state index in [1.165, 1.54) is 6.92 Å². The van der Waals surface area contributed by atoms with Crippen molar-refractivity contribution in [2.75, 3.05) is 20.3 Å². The first kappa shape index (κ1) is 54.7. The maximum absolute atomic E-state index is 14.9. The van der Waals surface area contributed by atoms with Gasteiger partial charge >= 0.3 is 5.97 Å². The van der Waals surface area contributed by atoms with Crippen LogP contribution in [0.15, 0.2) is 140 Å². The molecule has 11 atom stereocenters. The minimum absolute atomic E-state index is 0.0166. The van der Waals surface area contributed by atoms with Gasteiger partial charge in [-0.05, 0) is 72.6 Å². The number of imide groups is 1. The second-order valence-electron chi connectivity index (χ2n) is 20.9. The minimum Gasteiger partial charge on any atom is -0.497 e. The van der Waals surface area contributed by atoms with E-state index >= 15 is 0 Å². The molecule has 4 aliphatic rings. The number of methoxy groups -OCH3 is 1. The van der Waals surface area contributed by atoms with Crippen molar-refractivity contribution in [2.45, 2.75) is 140 Å². The standard InChI is InChI=1S/C59H67NO15Si/c1-37(61)27-32-47(62)72-53-52(75-76(6,7)59(2,3)4)50-46(36-68-56(73-50)40-23-15-10-16-24-40)71-58(53)74-49-45(35-66-33-38-19-11-8-12-20-38)70-57(69-42-30-28-41(65-5)29-31-42)48(51(49)67-34-39-21-13-9-14-22-39)60-54(63)43-25-17-18-26-44(43)55(60)64/h8-26,28-31,45-46,48-53,56-58H,27,32-36H2,1-7H3. The molecule has 4 heterocycles. The minimum atomic E-state index is -2.79. The molecule has 4 aliphatic heterocycles. The molecule has 0 aromatic heterocycles. The molecule has 3 saturated heterocycles. The normalized spacial score (nSPS) is 26.6. The molecule has 76 heavy (non-hydrogen) atoms. The van der Waals surface area contributed by atoms with Gasteiger partial charge in [-0.1, -0.05) is 124 Å². The largest absolute Gasteiger partial charge is 0.497 e. The lowest BCUT2D eigenvalue weighted by Gasteiger charge is -2.53. The summed E-state index contributed by atoms with van der Waals surface area (Å²) < 4.78 is 74.1. The molecule has 402 valence electrons. The Balaban J connectivity index is 1.17. The van der Waals surface area contributed by atoms with Gasteiger partial charge in [0.2, 0.25) is 6.29 Å². The fraction of sp³-hybridized carbons (Fsp3) is 0.424. The van der Waals surface area contributed by atoms with Crippen LogP contribution >= 0.6 is 0 Å². The summed E-state index contributed by atoms with van der Waals surface area (Å²) in [6, 6.07) is 40.6. The van der Waals surface area contributed by atoms with Crippen molar-refractivity contribution >= 4 is 31.9 Å². The number of benzene rings is 5. The van der Waals surface area contributed by atoms with Gasteiger partial charge in [-0.2, -0.15) is 0 Å². The van der Waals surface area contributed by atoms with Gasteiger partial charge in [0, 0.05) is 12.0 Å². The molecule has 0 spiro atoms. The van der Waals surface area contributed by atoms with E-state index in [-0.39, 0.29) is 61.2 Å². The highest BCUT2D eigenvalue weighted by Gasteiger charge is 2.60. The van der Waals surface area contributed by atoms with Crippen molar-refractivity contribution in [1.29, 1.82) is 0 Å². The third kappa shape index (κ3) is 12.5. The van der Waals surface area contributed by atoms with Crippen LogP contribution in [0.5, 0.6) is 11.5 Å². The quantitative estimate of drug-likeness (QED) is 0.0410. The van der Waals surface area contributed by atoms with E-state index in [0.29, 0.717) is 11.5 Å². The molecule has 3 fully saturated rings. The lowest BCUT2D eigenvalue weighted by Crippen LogP contribution is -2.70. The van der Waals surface area contributed by atoms with E-state index in [4.69, 9.17) is 51.8 Å². The fourth-order valence-electron chi connectivity index (χ4n) is 9.51. The Labute approximate surface area is 444 Å². The van der Waals surface area contributed by atoms with E-state index < -0.39 is 93.7 Å². The van der Waals surface area contributed by atoms with E-state index in [9.17, 15) is 19.2 Å². The smallest absolute Gasteiger partial charge is 0.306 e. The molecule has 0 aliphatic carbocycles. The number of hydrogen-bond acceptors (Lipinski definition) is 15. The topological polar surface area (TPSA) is 173 Å². The van der Waals surface area contributed by atoms with Crippen LogP contribution in [0, 0.1) is 0 Å². The van der Waals surface area contributed by atoms with Crippen molar-refractivity contribution in [3.63, 3.8) is 0 Å². The summed E-state index contributed by atoms with van der Waals surface area (Å²) in [7, 11) is -1.23. The summed E-state index contributed by atoms with van der Waals surface area (Å²) in [6.45, 7) is 12.0. The SMILES string of the molecule is COc1ccc(OC2OC(COCc3ccccc3)C(OC3OC4COC(c5ccccc5)OC4C(O[Si](C)(C)C(C)(C)C)C3OC(=O)CCC(C)=O)C(OCc3ccccc3)C2N2C(=O)c3ccccc3C2=O)cc1. The van der Waals surface area contributed by atoms with Gasteiger partial charge in [0.05, 0.1) is 51.1 Å². The highest BCUT2D eigenvalue weighted by molar-refractivity contribution is 6.74. The molecule has 0 N–H and O–H groups in total. The number of esters is 1. The summed E-state index contributed by atoms with van der Waals surface area (Å²) in [6.07, 6.45) is -11.6.